The van der Waals surface area contributed by atoms with Gasteiger partial charge in [-0.05, 0) is 49.2 Å². The molecule has 2 aromatic rings. The summed E-state index contributed by atoms with van der Waals surface area (Å²) in [4.78, 5) is 12.5. The molecule has 1 fully saturated rings. The highest BCUT2D eigenvalue weighted by Crippen LogP contribution is 2.24. The summed E-state index contributed by atoms with van der Waals surface area (Å²) in [5.74, 6) is 0.220. The van der Waals surface area contributed by atoms with Crippen molar-refractivity contribution in [3.05, 3.63) is 54.1 Å². The van der Waals surface area contributed by atoms with Crippen LogP contribution in [-0.2, 0) is 10.0 Å². The van der Waals surface area contributed by atoms with Gasteiger partial charge in [0.15, 0.2) is 0 Å². The summed E-state index contributed by atoms with van der Waals surface area (Å²) in [7, 11) is -1.99. The first kappa shape index (κ1) is 16.5. The predicted octanol–water partition coefficient (Wildman–Crippen LogP) is 2.39. The van der Waals surface area contributed by atoms with Crippen molar-refractivity contribution >= 4 is 21.6 Å². The van der Waals surface area contributed by atoms with Gasteiger partial charge in [-0.2, -0.15) is 0 Å². The normalized spacial score (nSPS) is 14.2. The fraction of sp³-hybridized carbons (Fsp3) is 0.235. The highest BCUT2D eigenvalue weighted by molar-refractivity contribution is 7.89. The van der Waals surface area contributed by atoms with Crippen LogP contribution in [-0.4, -0.2) is 27.5 Å². The molecule has 0 spiro atoms. The van der Waals surface area contributed by atoms with Crippen molar-refractivity contribution in [1.29, 1.82) is 0 Å². The van der Waals surface area contributed by atoms with E-state index in [1.165, 1.54) is 31.4 Å². The molecule has 0 heterocycles. The molecule has 7 heteroatoms. The lowest BCUT2D eigenvalue weighted by Gasteiger charge is -2.10. The number of methoxy groups -OCH3 is 1. The van der Waals surface area contributed by atoms with Crippen molar-refractivity contribution in [2.75, 3.05) is 12.4 Å². The van der Waals surface area contributed by atoms with Crippen molar-refractivity contribution < 1.29 is 17.9 Å². The Morgan fingerprint density at radius 2 is 1.75 bits per heavy atom. The van der Waals surface area contributed by atoms with Gasteiger partial charge in [0, 0.05) is 11.6 Å². The standard InChI is InChI=1S/C17H18N2O4S/c1-23-16-5-3-2-4-15(16)18-17(20)12-6-10-14(11-7-12)24(21,22)19-13-8-9-13/h2-7,10-11,13,19H,8-9H2,1H3,(H,18,20). The molecule has 3 rings (SSSR count). The minimum absolute atomic E-state index is 0.0449. The number of rotatable bonds is 6. The van der Waals surface area contributed by atoms with Gasteiger partial charge in [0.05, 0.1) is 17.7 Å². The van der Waals surface area contributed by atoms with E-state index < -0.39 is 10.0 Å². The van der Waals surface area contributed by atoms with E-state index in [4.69, 9.17) is 4.74 Å². The lowest BCUT2D eigenvalue weighted by molar-refractivity contribution is 0.102. The molecule has 1 saturated carbocycles. The molecule has 1 amide bonds. The van der Waals surface area contributed by atoms with Gasteiger partial charge in [0.1, 0.15) is 5.75 Å². The number of para-hydroxylation sites is 2. The molecule has 2 N–H and O–H groups in total. The summed E-state index contributed by atoms with van der Waals surface area (Å²) in [5, 5.41) is 2.75. The minimum atomic E-state index is -3.51. The second-order valence-corrected chi connectivity index (χ2v) is 7.29. The highest BCUT2D eigenvalue weighted by atomic mass is 32.2. The molecule has 24 heavy (non-hydrogen) atoms. The Labute approximate surface area is 140 Å². The maximum atomic E-state index is 12.3. The van der Waals surface area contributed by atoms with E-state index in [-0.39, 0.29) is 16.8 Å². The molecule has 0 aromatic heterocycles. The van der Waals surface area contributed by atoms with Crippen LogP contribution in [0.25, 0.3) is 0 Å². The van der Waals surface area contributed by atoms with Crippen LogP contribution < -0.4 is 14.8 Å². The Hall–Kier alpha value is -2.38. The second-order valence-electron chi connectivity index (χ2n) is 5.57. The van der Waals surface area contributed by atoms with Crippen LogP contribution in [0.15, 0.2) is 53.4 Å². The number of ether oxygens (including phenoxy) is 1. The number of carbonyl (C=O) groups excluding carboxylic acids is 1. The van der Waals surface area contributed by atoms with Crippen molar-refractivity contribution in [3.8, 4) is 5.75 Å². The number of anilines is 1. The van der Waals surface area contributed by atoms with E-state index in [1.54, 1.807) is 24.3 Å². The smallest absolute Gasteiger partial charge is 0.255 e. The van der Waals surface area contributed by atoms with Crippen molar-refractivity contribution in [1.82, 2.24) is 4.72 Å². The molecule has 0 radical (unpaired) electrons. The average Bonchev–Trinajstić information content (AvgIpc) is 3.38. The minimum Gasteiger partial charge on any atom is -0.495 e. The third-order valence-corrected chi connectivity index (χ3v) is 5.22. The summed E-state index contributed by atoms with van der Waals surface area (Å²) in [5.41, 5.74) is 0.920. The number of nitrogens with one attached hydrogen (secondary N) is 2. The number of hydrogen-bond acceptors (Lipinski definition) is 4. The number of hydrogen-bond donors (Lipinski definition) is 2. The molecule has 126 valence electrons. The Morgan fingerprint density at radius 1 is 1.08 bits per heavy atom. The van der Waals surface area contributed by atoms with Crippen LogP contribution in [0.5, 0.6) is 5.75 Å². The molecule has 0 saturated heterocycles. The molecule has 1 aliphatic rings. The maximum Gasteiger partial charge on any atom is 0.255 e. The van der Waals surface area contributed by atoms with E-state index in [9.17, 15) is 13.2 Å². The Bertz CT molecular complexity index is 843. The van der Waals surface area contributed by atoms with Gasteiger partial charge in [0.25, 0.3) is 5.91 Å². The van der Waals surface area contributed by atoms with E-state index in [1.807, 2.05) is 0 Å². The Balaban J connectivity index is 1.74. The summed E-state index contributed by atoms with van der Waals surface area (Å²) < 4.78 is 32.0. The van der Waals surface area contributed by atoms with Crippen LogP contribution in [0, 0.1) is 0 Å². The van der Waals surface area contributed by atoms with Gasteiger partial charge < -0.3 is 10.1 Å². The van der Waals surface area contributed by atoms with E-state index in [0.29, 0.717) is 17.0 Å². The summed E-state index contributed by atoms with van der Waals surface area (Å²) in [6.45, 7) is 0. The first-order chi connectivity index (χ1) is 11.5. The average molecular weight is 346 g/mol. The zero-order valence-electron chi connectivity index (χ0n) is 13.2. The highest BCUT2D eigenvalue weighted by Gasteiger charge is 2.27. The number of benzene rings is 2. The fourth-order valence-corrected chi connectivity index (χ4v) is 3.52. The van der Waals surface area contributed by atoms with E-state index in [2.05, 4.69) is 10.0 Å². The van der Waals surface area contributed by atoms with Crippen LogP contribution in [0.3, 0.4) is 0 Å². The van der Waals surface area contributed by atoms with Crippen molar-refractivity contribution in [3.63, 3.8) is 0 Å². The van der Waals surface area contributed by atoms with Gasteiger partial charge in [-0.25, -0.2) is 13.1 Å². The van der Waals surface area contributed by atoms with Crippen molar-refractivity contribution in [2.24, 2.45) is 0 Å². The third kappa shape index (κ3) is 3.74. The summed E-state index contributed by atoms with van der Waals surface area (Å²) >= 11 is 0. The summed E-state index contributed by atoms with van der Waals surface area (Å²) in [6, 6.07) is 13.0. The lowest BCUT2D eigenvalue weighted by atomic mass is 10.2. The topological polar surface area (TPSA) is 84.5 Å². The van der Waals surface area contributed by atoms with E-state index in [0.717, 1.165) is 12.8 Å². The summed E-state index contributed by atoms with van der Waals surface area (Å²) in [6.07, 6.45) is 1.75. The molecule has 6 nitrogen and oxygen atoms in total. The molecule has 0 atom stereocenters. The molecule has 0 bridgehead atoms. The van der Waals surface area contributed by atoms with Gasteiger partial charge in [-0.15, -0.1) is 0 Å². The molecular formula is C17H18N2O4S. The largest absolute Gasteiger partial charge is 0.495 e. The number of carbonyl (C=O) groups is 1. The molecule has 0 aliphatic heterocycles. The Kier molecular flexibility index (Phi) is 4.55. The van der Waals surface area contributed by atoms with Gasteiger partial charge >= 0.3 is 0 Å². The zero-order chi connectivity index (χ0) is 17.2. The first-order valence-electron chi connectivity index (χ1n) is 7.56. The number of amides is 1. The van der Waals surface area contributed by atoms with Crippen molar-refractivity contribution in [2.45, 2.75) is 23.8 Å². The van der Waals surface area contributed by atoms with Gasteiger partial charge in [-0.3, -0.25) is 4.79 Å². The van der Waals surface area contributed by atoms with Gasteiger partial charge in [0.2, 0.25) is 10.0 Å². The van der Waals surface area contributed by atoms with Crippen LogP contribution in [0.1, 0.15) is 23.2 Å². The molecular weight excluding hydrogens is 328 g/mol. The maximum absolute atomic E-state index is 12.3. The number of sulfonamides is 1. The third-order valence-electron chi connectivity index (χ3n) is 3.68. The molecule has 2 aromatic carbocycles. The van der Waals surface area contributed by atoms with E-state index >= 15 is 0 Å². The molecule has 0 unspecified atom stereocenters. The van der Waals surface area contributed by atoms with Crippen LogP contribution >= 0.6 is 0 Å². The van der Waals surface area contributed by atoms with Crippen LogP contribution in [0.2, 0.25) is 0 Å². The van der Waals surface area contributed by atoms with Crippen LogP contribution in [0.4, 0.5) is 5.69 Å². The lowest BCUT2D eigenvalue weighted by Crippen LogP contribution is -2.25. The predicted molar refractivity (Wildman–Crippen MR) is 90.7 cm³/mol. The second kappa shape index (κ2) is 6.62. The Morgan fingerprint density at radius 3 is 2.38 bits per heavy atom. The van der Waals surface area contributed by atoms with Gasteiger partial charge in [-0.1, -0.05) is 12.1 Å². The quantitative estimate of drug-likeness (QED) is 0.841. The first-order valence-corrected chi connectivity index (χ1v) is 9.05. The SMILES string of the molecule is COc1ccccc1NC(=O)c1ccc(S(=O)(=O)NC2CC2)cc1. The molecule has 1 aliphatic carbocycles. The zero-order valence-corrected chi connectivity index (χ0v) is 14.0. The fourth-order valence-electron chi connectivity index (χ4n) is 2.22. The monoisotopic (exact) mass is 346 g/mol.